The third-order valence-electron chi connectivity index (χ3n) is 2.29. The maximum Gasteiger partial charge on any atom is 0.186 e. The maximum atomic E-state index is 13.7. The van der Waals surface area contributed by atoms with Gasteiger partial charge in [0.1, 0.15) is 6.33 Å². The molecule has 1 unspecified atom stereocenters. The molecule has 6 heteroatoms. The normalized spacial score (nSPS) is 12.5. The van der Waals surface area contributed by atoms with Gasteiger partial charge in [0.25, 0.3) is 0 Å². The molecular formula is C11H17ClFN3O. The summed E-state index contributed by atoms with van der Waals surface area (Å²) in [7, 11) is 1.60. The summed E-state index contributed by atoms with van der Waals surface area (Å²) in [6, 6.07) is 0. The van der Waals surface area contributed by atoms with Crippen molar-refractivity contribution in [2.24, 2.45) is 0 Å². The summed E-state index contributed by atoms with van der Waals surface area (Å²) < 4.78 is 18.6. The third-order valence-corrected chi connectivity index (χ3v) is 2.64. The molecule has 0 fully saturated rings. The van der Waals surface area contributed by atoms with E-state index in [0.717, 1.165) is 0 Å². The number of halogens is 2. The Bertz CT molecular complexity index is 351. The Hall–Kier alpha value is -0.940. The SMILES string of the molecule is CCc1ncnc(NCCC(Cl)COC)c1F. The third kappa shape index (κ3) is 4.44. The van der Waals surface area contributed by atoms with Gasteiger partial charge in [-0.25, -0.2) is 14.4 Å². The lowest BCUT2D eigenvalue weighted by atomic mass is 10.3. The summed E-state index contributed by atoms with van der Waals surface area (Å²) in [4.78, 5) is 7.72. The van der Waals surface area contributed by atoms with E-state index in [1.54, 1.807) is 7.11 Å². The predicted molar refractivity (Wildman–Crippen MR) is 66.0 cm³/mol. The molecule has 1 N–H and O–H groups in total. The van der Waals surface area contributed by atoms with Crippen LogP contribution in [0.2, 0.25) is 0 Å². The standard InChI is InChI=1S/C11H17ClFN3O/c1-3-9-10(13)11(16-7-15-9)14-5-4-8(12)6-17-2/h7-8H,3-6H2,1-2H3,(H,14,15,16). The zero-order valence-corrected chi connectivity index (χ0v) is 10.8. The van der Waals surface area contributed by atoms with E-state index in [9.17, 15) is 4.39 Å². The van der Waals surface area contributed by atoms with Gasteiger partial charge in [-0.3, -0.25) is 0 Å². The van der Waals surface area contributed by atoms with Crippen molar-refractivity contribution in [3.8, 4) is 0 Å². The Morgan fingerprint density at radius 2 is 2.29 bits per heavy atom. The van der Waals surface area contributed by atoms with E-state index in [1.807, 2.05) is 6.92 Å². The topological polar surface area (TPSA) is 47.0 Å². The van der Waals surface area contributed by atoms with E-state index in [-0.39, 0.29) is 17.0 Å². The van der Waals surface area contributed by atoms with E-state index in [1.165, 1.54) is 6.33 Å². The zero-order valence-electron chi connectivity index (χ0n) is 10.0. The predicted octanol–water partition coefficient (Wildman–Crippen LogP) is 2.23. The van der Waals surface area contributed by atoms with Gasteiger partial charge in [-0.15, -0.1) is 11.6 Å². The first-order chi connectivity index (χ1) is 8.19. The second-order valence-corrected chi connectivity index (χ2v) is 4.22. The van der Waals surface area contributed by atoms with Gasteiger partial charge in [0.05, 0.1) is 17.7 Å². The van der Waals surface area contributed by atoms with E-state index in [0.29, 0.717) is 31.7 Å². The highest BCUT2D eigenvalue weighted by molar-refractivity contribution is 6.20. The Balaban J connectivity index is 2.46. The van der Waals surface area contributed by atoms with Crippen molar-refractivity contribution >= 4 is 17.4 Å². The lowest BCUT2D eigenvalue weighted by molar-refractivity contribution is 0.196. The van der Waals surface area contributed by atoms with Crippen LogP contribution in [0.1, 0.15) is 19.0 Å². The van der Waals surface area contributed by atoms with Crippen molar-refractivity contribution < 1.29 is 9.13 Å². The minimum Gasteiger partial charge on any atom is -0.383 e. The fourth-order valence-electron chi connectivity index (χ4n) is 1.39. The molecule has 1 atom stereocenters. The molecular weight excluding hydrogens is 245 g/mol. The first-order valence-corrected chi connectivity index (χ1v) is 5.98. The molecule has 0 saturated carbocycles. The van der Waals surface area contributed by atoms with Crippen LogP contribution in [0.15, 0.2) is 6.33 Å². The van der Waals surface area contributed by atoms with Gasteiger partial charge in [0.2, 0.25) is 0 Å². The van der Waals surface area contributed by atoms with Crippen molar-refractivity contribution in [3.63, 3.8) is 0 Å². The molecule has 0 saturated heterocycles. The van der Waals surface area contributed by atoms with Crippen LogP contribution in [-0.2, 0) is 11.2 Å². The summed E-state index contributed by atoms with van der Waals surface area (Å²) in [5, 5.41) is 2.83. The van der Waals surface area contributed by atoms with Crippen LogP contribution in [-0.4, -0.2) is 35.6 Å². The van der Waals surface area contributed by atoms with Gasteiger partial charge in [0, 0.05) is 13.7 Å². The van der Waals surface area contributed by atoms with Crippen LogP contribution < -0.4 is 5.32 Å². The highest BCUT2D eigenvalue weighted by Crippen LogP contribution is 2.13. The van der Waals surface area contributed by atoms with Gasteiger partial charge in [-0.2, -0.15) is 0 Å². The fourth-order valence-corrected chi connectivity index (χ4v) is 1.62. The first kappa shape index (κ1) is 14.1. The van der Waals surface area contributed by atoms with Crippen molar-refractivity contribution in [1.29, 1.82) is 0 Å². The van der Waals surface area contributed by atoms with Gasteiger partial charge >= 0.3 is 0 Å². The number of nitrogens with zero attached hydrogens (tertiary/aromatic N) is 2. The molecule has 0 radical (unpaired) electrons. The molecule has 0 aliphatic rings. The maximum absolute atomic E-state index is 13.7. The molecule has 0 bridgehead atoms. The van der Waals surface area contributed by atoms with E-state index < -0.39 is 0 Å². The number of methoxy groups -OCH3 is 1. The van der Waals surface area contributed by atoms with Crippen molar-refractivity contribution in [2.75, 3.05) is 25.6 Å². The number of hydrogen-bond acceptors (Lipinski definition) is 4. The van der Waals surface area contributed by atoms with Crippen LogP contribution in [0.3, 0.4) is 0 Å². The average Bonchev–Trinajstić information content (AvgIpc) is 2.32. The molecule has 1 aromatic rings. The molecule has 4 nitrogen and oxygen atoms in total. The Morgan fingerprint density at radius 1 is 1.53 bits per heavy atom. The van der Waals surface area contributed by atoms with Crippen LogP contribution in [0.25, 0.3) is 0 Å². The Morgan fingerprint density at radius 3 is 2.94 bits per heavy atom. The number of ether oxygens (including phenoxy) is 1. The molecule has 0 spiro atoms. The molecule has 17 heavy (non-hydrogen) atoms. The van der Waals surface area contributed by atoms with Crippen LogP contribution in [0, 0.1) is 5.82 Å². The molecule has 0 aliphatic heterocycles. The summed E-state index contributed by atoms with van der Waals surface area (Å²) >= 11 is 5.95. The number of hydrogen-bond donors (Lipinski definition) is 1. The smallest absolute Gasteiger partial charge is 0.186 e. The molecule has 96 valence electrons. The van der Waals surface area contributed by atoms with Gasteiger partial charge in [-0.1, -0.05) is 6.92 Å². The summed E-state index contributed by atoms with van der Waals surface area (Å²) in [6.45, 7) is 2.88. The van der Waals surface area contributed by atoms with E-state index >= 15 is 0 Å². The monoisotopic (exact) mass is 261 g/mol. The molecule has 0 aromatic carbocycles. The van der Waals surface area contributed by atoms with Crippen molar-refractivity contribution in [2.45, 2.75) is 25.1 Å². The molecule has 1 rings (SSSR count). The lowest BCUT2D eigenvalue weighted by Crippen LogP contribution is -2.15. The average molecular weight is 262 g/mol. The number of aromatic nitrogens is 2. The molecule has 1 heterocycles. The molecule has 0 aliphatic carbocycles. The van der Waals surface area contributed by atoms with Crippen LogP contribution in [0.4, 0.5) is 10.2 Å². The van der Waals surface area contributed by atoms with Gasteiger partial charge < -0.3 is 10.1 Å². The van der Waals surface area contributed by atoms with Crippen molar-refractivity contribution in [1.82, 2.24) is 9.97 Å². The van der Waals surface area contributed by atoms with E-state index in [2.05, 4.69) is 15.3 Å². The Labute approximate surface area is 106 Å². The highest BCUT2D eigenvalue weighted by atomic mass is 35.5. The molecule has 0 amide bonds. The number of aryl methyl sites for hydroxylation is 1. The van der Waals surface area contributed by atoms with Gasteiger partial charge in [-0.05, 0) is 12.8 Å². The first-order valence-electron chi connectivity index (χ1n) is 5.55. The number of rotatable bonds is 7. The van der Waals surface area contributed by atoms with E-state index in [4.69, 9.17) is 16.3 Å². The highest BCUT2D eigenvalue weighted by Gasteiger charge is 2.10. The Kier molecular flexibility index (Phi) is 6.15. The van der Waals surface area contributed by atoms with Crippen LogP contribution >= 0.6 is 11.6 Å². The summed E-state index contributed by atoms with van der Waals surface area (Å²) in [5.74, 6) is -0.147. The number of alkyl halides is 1. The lowest BCUT2D eigenvalue weighted by Gasteiger charge is -2.10. The number of anilines is 1. The minimum atomic E-state index is -0.382. The van der Waals surface area contributed by atoms with Crippen LogP contribution in [0.5, 0.6) is 0 Å². The van der Waals surface area contributed by atoms with Crippen molar-refractivity contribution in [3.05, 3.63) is 17.8 Å². The summed E-state index contributed by atoms with van der Waals surface area (Å²) in [5.41, 5.74) is 0.418. The minimum absolute atomic E-state index is 0.0805. The quantitative estimate of drug-likeness (QED) is 0.765. The molecule has 1 aromatic heterocycles. The second-order valence-electron chi connectivity index (χ2n) is 3.60. The summed E-state index contributed by atoms with van der Waals surface area (Å²) in [6.07, 6.45) is 2.59. The fraction of sp³-hybridized carbons (Fsp3) is 0.636. The van der Waals surface area contributed by atoms with Gasteiger partial charge in [0.15, 0.2) is 11.6 Å². The number of nitrogens with one attached hydrogen (secondary N) is 1. The second kappa shape index (κ2) is 7.40. The largest absolute Gasteiger partial charge is 0.383 e. The zero-order chi connectivity index (χ0) is 12.7.